The van der Waals surface area contributed by atoms with Crippen molar-refractivity contribution in [3.8, 4) is 5.75 Å². The van der Waals surface area contributed by atoms with Crippen LogP contribution in [0.1, 0.15) is 16.8 Å². The summed E-state index contributed by atoms with van der Waals surface area (Å²) in [7, 11) is 0. The fourth-order valence-corrected chi connectivity index (χ4v) is 2.77. The average molecular weight is 297 g/mol. The van der Waals surface area contributed by atoms with E-state index in [0.717, 1.165) is 22.6 Å². The summed E-state index contributed by atoms with van der Waals surface area (Å²) in [5, 5.41) is 3.35. The van der Waals surface area contributed by atoms with Crippen LogP contribution in [-0.4, -0.2) is 23.0 Å². The van der Waals surface area contributed by atoms with Crippen molar-refractivity contribution in [2.24, 2.45) is 5.73 Å². The molecule has 2 aromatic rings. The number of amides is 1. The highest BCUT2D eigenvalue weighted by atomic mass is 16.5. The van der Waals surface area contributed by atoms with Crippen LogP contribution in [-0.2, 0) is 17.8 Å². The van der Waals surface area contributed by atoms with Gasteiger partial charge in [0.25, 0.3) is 5.91 Å². The van der Waals surface area contributed by atoms with Crippen LogP contribution < -0.4 is 15.8 Å². The van der Waals surface area contributed by atoms with E-state index in [1.807, 2.05) is 43.3 Å². The molecule has 1 amide bonds. The minimum atomic E-state index is -0.669. The first-order chi connectivity index (χ1) is 10.6. The zero-order valence-electron chi connectivity index (χ0n) is 12.5. The maximum atomic E-state index is 11.7. The molecule has 0 spiro atoms. The second-order valence-electron chi connectivity index (χ2n) is 5.51. The Labute approximate surface area is 129 Å². The van der Waals surface area contributed by atoms with Gasteiger partial charge in [-0.1, -0.05) is 18.2 Å². The Morgan fingerprint density at radius 2 is 2.23 bits per heavy atom. The Bertz CT molecular complexity index is 673. The molecule has 22 heavy (non-hydrogen) atoms. The normalized spacial score (nSPS) is 20.0. The molecule has 0 saturated carbocycles. The van der Waals surface area contributed by atoms with Gasteiger partial charge in [-0.2, -0.15) is 0 Å². The van der Waals surface area contributed by atoms with E-state index in [0.29, 0.717) is 13.0 Å². The third-order valence-corrected chi connectivity index (χ3v) is 3.96. The second kappa shape index (κ2) is 6.15. The molecule has 0 bridgehead atoms. The number of fused-ring (bicyclic) bond motifs is 1. The number of nitrogens with zero attached hydrogens (tertiary/aromatic N) is 1. The highest BCUT2D eigenvalue weighted by Crippen LogP contribution is 2.30. The van der Waals surface area contributed by atoms with E-state index in [1.165, 1.54) is 0 Å². The SMILES string of the molecule is Cc1cccc2c1CC(NCc1ccccn1)C(C(N)=O)O2. The van der Waals surface area contributed by atoms with Crippen LogP contribution in [0.3, 0.4) is 0 Å². The van der Waals surface area contributed by atoms with Crippen LogP contribution in [0.5, 0.6) is 5.75 Å². The molecule has 3 rings (SSSR count). The highest BCUT2D eigenvalue weighted by molar-refractivity contribution is 5.80. The average Bonchev–Trinajstić information content (AvgIpc) is 2.53. The van der Waals surface area contributed by atoms with Crippen LogP contribution in [0.25, 0.3) is 0 Å². The number of hydrogen-bond acceptors (Lipinski definition) is 4. The summed E-state index contributed by atoms with van der Waals surface area (Å²) in [6.07, 6.45) is 1.79. The van der Waals surface area contributed by atoms with Crippen LogP contribution in [0.2, 0.25) is 0 Å². The van der Waals surface area contributed by atoms with Crippen LogP contribution in [0.15, 0.2) is 42.6 Å². The van der Waals surface area contributed by atoms with Gasteiger partial charge in [-0.05, 0) is 42.7 Å². The number of aromatic nitrogens is 1. The zero-order valence-corrected chi connectivity index (χ0v) is 12.5. The minimum Gasteiger partial charge on any atom is -0.479 e. The number of primary amides is 1. The van der Waals surface area contributed by atoms with Gasteiger partial charge in [0.05, 0.1) is 11.7 Å². The number of carbonyl (C=O) groups is 1. The van der Waals surface area contributed by atoms with Crippen LogP contribution in [0, 0.1) is 6.92 Å². The number of aryl methyl sites for hydroxylation is 1. The summed E-state index contributed by atoms with van der Waals surface area (Å²) in [6, 6.07) is 11.4. The van der Waals surface area contributed by atoms with Crippen LogP contribution in [0.4, 0.5) is 0 Å². The summed E-state index contributed by atoms with van der Waals surface area (Å²) in [5.74, 6) is 0.297. The largest absolute Gasteiger partial charge is 0.479 e. The van der Waals surface area contributed by atoms with E-state index in [4.69, 9.17) is 10.5 Å². The van der Waals surface area contributed by atoms with E-state index >= 15 is 0 Å². The Morgan fingerprint density at radius 3 is 2.95 bits per heavy atom. The molecule has 1 aliphatic heterocycles. The van der Waals surface area contributed by atoms with Crippen molar-refractivity contribution >= 4 is 5.91 Å². The number of carbonyl (C=O) groups excluding carboxylic acids is 1. The maximum Gasteiger partial charge on any atom is 0.260 e. The van der Waals surface area contributed by atoms with E-state index in [1.54, 1.807) is 6.20 Å². The fourth-order valence-electron chi connectivity index (χ4n) is 2.77. The molecule has 5 heteroatoms. The van der Waals surface area contributed by atoms with E-state index in [2.05, 4.69) is 10.3 Å². The Morgan fingerprint density at radius 1 is 1.36 bits per heavy atom. The molecular weight excluding hydrogens is 278 g/mol. The van der Waals surface area contributed by atoms with Crippen molar-refractivity contribution in [2.75, 3.05) is 0 Å². The van der Waals surface area contributed by atoms with Crippen molar-refractivity contribution in [2.45, 2.75) is 32.0 Å². The first-order valence-corrected chi connectivity index (χ1v) is 7.33. The molecule has 1 aromatic heterocycles. The smallest absolute Gasteiger partial charge is 0.260 e. The lowest BCUT2D eigenvalue weighted by Crippen LogP contribution is -2.53. The third-order valence-electron chi connectivity index (χ3n) is 3.96. The fraction of sp³-hybridized carbons (Fsp3) is 0.294. The van der Waals surface area contributed by atoms with Gasteiger partial charge < -0.3 is 15.8 Å². The molecule has 5 nitrogen and oxygen atoms in total. The molecule has 2 atom stereocenters. The predicted octanol–water partition coefficient (Wildman–Crippen LogP) is 1.34. The van der Waals surface area contributed by atoms with Crippen molar-refractivity contribution in [3.05, 3.63) is 59.4 Å². The molecule has 2 heterocycles. The molecule has 0 radical (unpaired) electrons. The molecule has 1 aromatic carbocycles. The van der Waals surface area contributed by atoms with Gasteiger partial charge >= 0.3 is 0 Å². The number of hydrogen-bond donors (Lipinski definition) is 2. The first kappa shape index (κ1) is 14.5. The van der Waals surface area contributed by atoms with Gasteiger partial charge in [0, 0.05) is 12.7 Å². The summed E-state index contributed by atoms with van der Waals surface area (Å²) >= 11 is 0. The molecule has 2 unspecified atom stereocenters. The predicted molar refractivity (Wildman–Crippen MR) is 83.4 cm³/mol. The first-order valence-electron chi connectivity index (χ1n) is 7.33. The summed E-state index contributed by atoms with van der Waals surface area (Å²) in [5.41, 5.74) is 8.70. The standard InChI is InChI=1S/C17H19N3O2/c1-11-5-4-7-15-13(11)9-14(16(22-15)17(18)21)20-10-12-6-2-3-8-19-12/h2-8,14,16,20H,9-10H2,1H3,(H2,18,21). The maximum absolute atomic E-state index is 11.7. The molecular formula is C17H19N3O2. The van der Waals surface area contributed by atoms with Crippen LogP contribution >= 0.6 is 0 Å². The van der Waals surface area contributed by atoms with Gasteiger partial charge in [-0.3, -0.25) is 9.78 Å². The number of ether oxygens (including phenoxy) is 1. The quantitative estimate of drug-likeness (QED) is 0.892. The number of nitrogens with one attached hydrogen (secondary N) is 1. The third kappa shape index (κ3) is 2.94. The summed E-state index contributed by atoms with van der Waals surface area (Å²) < 4.78 is 5.82. The monoisotopic (exact) mass is 297 g/mol. The van der Waals surface area contributed by atoms with E-state index in [-0.39, 0.29) is 6.04 Å². The van der Waals surface area contributed by atoms with E-state index < -0.39 is 12.0 Å². The van der Waals surface area contributed by atoms with Crippen molar-refractivity contribution in [1.82, 2.24) is 10.3 Å². The number of nitrogens with two attached hydrogens (primary N) is 1. The van der Waals surface area contributed by atoms with E-state index in [9.17, 15) is 4.79 Å². The molecule has 0 fully saturated rings. The lowest BCUT2D eigenvalue weighted by molar-refractivity contribution is -0.126. The highest BCUT2D eigenvalue weighted by Gasteiger charge is 2.34. The molecule has 0 aliphatic carbocycles. The van der Waals surface area contributed by atoms with Gasteiger partial charge in [-0.15, -0.1) is 0 Å². The summed E-state index contributed by atoms with van der Waals surface area (Å²) in [6.45, 7) is 2.61. The van der Waals surface area contributed by atoms with Gasteiger partial charge in [0.1, 0.15) is 5.75 Å². The Balaban J connectivity index is 1.79. The molecule has 3 N–H and O–H groups in total. The lowest BCUT2D eigenvalue weighted by atomic mass is 9.93. The Kier molecular flexibility index (Phi) is 4.06. The number of rotatable bonds is 4. The van der Waals surface area contributed by atoms with Crippen molar-refractivity contribution in [3.63, 3.8) is 0 Å². The van der Waals surface area contributed by atoms with Gasteiger partial charge in [0.2, 0.25) is 0 Å². The second-order valence-corrected chi connectivity index (χ2v) is 5.51. The topological polar surface area (TPSA) is 77.2 Å². The lowest BCUT2D eigenvalue weighted by Gasteiger charge is -2.33. The summed E-state index contributed by atoms with van der Waals surface area (Å²) in [4.78, 5) is 16.0. The minimum absolute atomic E-state index is 0.159. The van der Waals surface area contributed by atoms with Crippen molar-refractivity contribution < 1.29 is 9.53 Å². The molecule has 1 aliphatic rings. The number of benzene rings is 1. The van der Waals surface area contributed by atoms with Crippen molar-refractivity contribution in [1.29, 1.82) is 0 Å². The molecule has 0 saturated heterocycles. The number of pyridine rings is 1. The van der Waals surface area contributed by atoms with Gasteiger partial charge in [-0.25, -0.2) is 0 Å². The zero-order chi connectivity index (χ0) is 15.5. The molecule has 114 valence electrons. The van der Waals surface area contributed by atoms with Gasteiger partial charge in [0.15, 0.2) is 6.10 Å². The Hall–Kier alpha value is -2.40.